The first-order chi connectivity index (χ1) is 5.69. The zero-order valence-electron chi connectivity index (χ0n) is 8.19. The van der Waals surface area contributed by atoms with E-state index in [0.29, 0.717) is 5.41 Å². The third-order valence-electron chi connectivity index (χ3n) is 4.76. The van der Waals surface area contributed by atoms with Crippen molar-refractivity contribution in [1.82, 2.24) is 0 Å². The molecule has 4 saturated carbocycles. The van der Waals surface area contributed by atoms with E-state index in [0.717, 1.165) is 11.8 Å². The number of rotatable bonds is 0. The van der Waals surface area contributed by atoms with Gasteiger partial charge in [0, 0.05) is 0 Å². The number of hydrogen-bond acceptors (Lipinski definition) is 0. The van der Waals surface area contributed by atoms with Gasteiger partial charge >= 0.3 is 0 Å². The molecule has 0 amide bonds. The van der Waals surface area contributed by atoms with E-state index in [1.807, 2.05) is 11.8 Å². The third-order valence-corrected chi connectivity index (χ3v) is 4.76. The van der Waals surface area contributed by atoms with Crippen molar-refractivity contribution >= 4 is 0 Å². The van der Waals surface area contributed by atoms with Gasteiger partial charge in [-0.1, -0.05) is 20.3 Å². The van der Waals surface area contributed by atoms with Crippen LogP contribution in [0.3, 0.4) is 0 Å². The Labute approximate surface area is 75.7 Å². The summed E-state index contributed by atoms with van der Waals surface area (Å²) in [4.78, 5) is 0. The second-order valence-electron chi connectivity index (χ2n) is 5.49. The normalized spacial score (nSPS) is 45.5. The van der Waals surface area contributed by atoms with Gasteiger partial charge in [-0.15, -0.1) is 0 Å². The highest BCUT2D eigenvalue weighted by molar-refractivity contribution is 5.34. The lowest BCUT2D eigenvalue weighted by Gasteiger charge is -2.61. The fourth-order valence-corrected chi connectivity index (χ4v) is 3.73. The van der Waals surface area contributed by atoms with Crippen LogP contribution in [0.25, 0.3) is 0 Å². The van der Waals surface area contributed by atoms with E-state index in [1.165, 1.54) is 32.1 Å². The summed E-state index contributed by atoms with van der Waals surface area (Å²) < 4.78 is 0. The Hall–Kier alpha value is 0. The molecule has 0 aromatic carbocycles. The molecule has 2 radical (unpaired) electrons. The average Bonchev–Trinajstić information content (AvgIpc) is 2.49. The Morgan fingerprint density at radius 3 is 2.83 bits per heavy atom. The van der Waals surface area contributed by atoms with E-state index in [-0.39, 0.29) is 0 Å². The Morgan fingerprint density at radius 1 is 1.25 bits per heavy atom. The summed E-state index contributed by atoms with van der Waals surface area (Å²) in [6.45, 7) is 4.96. The monoisotopic (exact) mass is 162 g/mol. The predicted octanol–water partition coefficient (Wildman–Crippen LogP) is 3.39. The Morgan fingerprint density at radius 2 is 2.08 bits per heavy atom. The van der Waals surface area contributed by atoms with Crippen molar-refractivity contribution in [3.63, 3.8) is 0 Å². The van der Waals surface area contributed by atoms with Gasteiger partial charge in [-0.25, -0.2) is 0 Å². The predicted molar refractivity (Wildman–Crippen MR) is 50.3 cm³/mol. The lowest BCUT2D eigenvalue weighted by Crippen LogP contribution is -2.53. The van der Waals surface area contributed by atoms with Crippen LogP contribution in [0.4, 0.5) is 0 Å². The molecule has 0 spiro atoms. The molecule has 4 rings (SSSR count). The van der Waals surface area contributed by atoms with E-state index in [1.54, 1.807) is 0 Å². The molecule has 0 aromatic rings. The van der Waals surface area contributed by atoms with Crippen molar-refractivity contribution in [3.8, 4) is 0 Å². The zero-order valence-corrected chi connectivity index (χ0v) is 8.19. The van der Waals surface area contributed by atoms with E-state index in [9.17, 15) is 0 Å². The molecule has 0 nitrogen and oxygen atoms in total. The zero-order chi connectivity index (χ0) is 8.34. The summed E-state index contributed by atoms with van der Waals surface area (Å²) >= 11 is 0. The van der Waals surface area contributed by atoms with E-state index >= 15 is 0 Å². The molecule has 0 heterocycles. The van der Waals surface area contributed by atoms with Crippen molar-refractivity contribution in [3.05, 3.63) is 11.8 Å². The van der Waals surface area contributed by atoms with Crippen LogP contribution in [-0.4, -0.2) is 0 Å². The molecule has 0 aromatic heterocycles. The van der Waals surface area contributed by atoms with Crippen molar-refractivity contribution in [2.75, 3.05) is 0 Å². The summed E-state index contributed by atoms with van der Waals surface area (Å²) in [6.07, 6.45) is 7.32. The molecular formula is C12H18. The van der Waals surface area contributed by atoms with Crippen molar-refractivity contribution in [2.24, 2.45) is 17.3 Å². The van der Waals surface area contributed by atoms with Crippen LogP contribution in [0.5, 0.6) is 0 Å². The summed E-state index contributed by atoms with van der Waals surface area (Å²) in [7, 11) is 0. The van der Waals surface area contributed by atoms with Gasteiger partial charge in [0.2, 0.25) is 0 Å². The standard InChI is InChI=1S/C12H18/c1-12(2)9-6-8-4-3-5-10(8)11(12)7-9/h9,11H,3-7H2,1-2H3. The third kappa shape index (κ3) is 0.701. The molecule has 0 heteroatoms. The number of hydrogen-bond donors (Lipinski definition) is 0. The molecule has 12 heavy (non-hydrogen) atoms. The Bertz CT molecular complexity index is 204. The van der Waals surface area contributed by atoms with Crippen LogP contribution in [0.2, 0.25) is 0 Å². The molecule has 2 unspecified atom stereocenters. The van der Waals surface area contributed by atoms with Gasteiger partial charge in [-0.2, -0.15) is 0 Å². The maximum atomic E-state index is 2.48. The highest BCUT2D eigenvalue weighted by Crippen LogP contribution is 2.67. The van der Waals surface area contributed by atoms with Crippen LogP contribution < -0.4 is 0 Å². The van der Waals surface area contributed by atoms with Crippen LogP contribution in [0.15, 0.2) is 0 Å². The molecule has 0 N–H and O–H groups in total. The van der Waals surface area contributed by atoms with Gasteiger partial charge in [0.05, 0.1) is 0 Å². The summed E-state index contributed by atoms with van der Waals surface area (Å²) in [5.74, 6) is 5.80. The van der Waals surface area contributed by atoms with E-state index in [4.69, 9.17) is 0 Å². The topological polar surface area (TPSA) is 0 Å². The first-order valence-corrected chi connectivity index (χ1v) is 5.40. The van der Waals surface area contributed by atoms with Crippen molar-refractivity contribution < 1.29 is 0 Å². The second-order valence-corrected chi connectivity index (χ2v) is 5.49. The van der Waals surface area contributed by atoms with Gasteiger partial charge in [0.25, 0.3) is 0 Å². The summed E-state index contributed by atoms with van der Waals surface area (Å²) in [6, 6.07) is 0. The first-order valence-electron chi connectivity index (χ1n) is 5.40. The molecule has 2 bridgehead atoms. The molecule has 4 aliphatic carbocycles. The highest BCUT2D eigenvalue weighted by atomic mass is 14.6. The summed E-state index contributed by atoms with van der Waals surface area (Å²) in [5.41, 5.74) is 0.670. The fraction of sp³-hybridized carbons (Fsp3) is 0.833. The lowest BCUT2D eigenvalue weighted by atomic mass is 9.44. The van der Waals surface area contributed by atoms with Crippen molar-refractivity contribution in [2.45, 2.75) is 46.0 Å². The van der Waals surface area contributed by atoms with Crippen molar-refractivity contribution in [1.29, 1.82) is 0 Å². The van der Waals surface area contributed by atoms with Gasteiger partial charge < -0.3 is 0 Å². The lowest BCUT2D eigenvalue weighted by molar-refractivity contribution is -0.0373. The maximum Gasteiger partial charge on any atom is -0.0137 e. The minimum Gasteiger partial charge on any atom is -0.0594 e. The molecule has 66 valence electrons. The first kappa shape index (κ1) is 7.41. The maximum absolute atomic E-state index is 2.48. The quantitative estimate of drug-likeness (QED) is 0.512. The van der Waals surface area contributed by atoms with Gasteiger partial charge in [-0.05, 0) is 54.8 Å². The fourth-order valence-electron chi connectivity index (χ4n) is 3.73. The Balaban J connectivity index is 1.88. The molecule has 0 aliphatic heterocycles. The summed E-state index contributed by atoms with van der Waals surface area (Å²) in [5, 5.41) is 0. The van der Waals surface area contributed by atoms with Crippen LogP contribution >= 0.6 is 0 Å². The highest BCUT2D eigenvalue weighted by Gasteiger charge is 2.58. The van der Waals surface area contributed by atoms with Gasteiger partial charge in [0.1, 0.15) is 0 Å². The minimum absolute atomic E-state index is 0.670. The smallest absolute Gasteiger partial charge is 0.0137 e. The van der Waals surface area contributed by atoms with Gasteiger partial charge in [0.15, 0.2) is 0 Å². The van der Waals surface area contributed by atoms with E-state index in [2.05, 4.69) is 13.8 Å². The molecule has 4 fully saturated rings. The molecular weight excluding hydrogens is 144 g/mol. The van der Waals surface area contributed by atoms with Crippen LogP contribution in [0.1, 0.15) is 46.0 Å². The SMILES string of the molecule is CC1(C)C2C[C]3CCC[C]3C1C2. The molecule has 0 saturated heterocycles. The van der Waals surface area contributed by atoms with Gasteiger partial charge in [-0.3, -0.25) is 0 Å². The molecule has 4 aliphatic rings. The Kier molecular flexibility index (Phi) is 1.28. The largest absolute Gasteiger partial charge is 0.0594 e. The van der Waals surface area contributed by atoms with Crippen LogP contribution in [-0.2, 0) is 0 Å². The molecule has 2 atom stereocenters. The van der Waals surface area contributed by atoms with E-state index < -0.39 is 0 Å². The minimum atomic E-state index is 0.670. The second kappa shape index (κ2) is 2.08. The van der Waals surface area contributed by atoms with Crippen LogP contribution in [0, 0.1) is 29.1 Å². The average molecular weight is 162 g/mol.